The first kappa shape index (κ1) is 21.4. The minimum Gasteiger partial charge on any atom is -0.280 e. The number of nitrogens with one attached hydrogen (secondary N) is 1. The molecule has 0 unspecified atom stereocenters. The summed E-state index contributed by atoms with van der Waals surface area (Å²) in [7, 11) is -7.55. The van der Waals surface area contributed by atoms with E-state index in [0.717, 1.165) is 17.5 Å². The molecule has 1 aliphatic heterocycles. The summed E-state index contributed by atoms with van der Waals surface area (Å²) < 4.78 is 56.4. The van der Waals surface area contributed by atoms with Crippen LogP contribution in [0.3, 0.4) is 0 Å². The molecule has 6 nitrogen and oxygen atoms in total. The lowest BCUT2D eigenvalue weighted by molar-refractivity contribution is 0.586. The van der Waals surface area contributed by atoms with Gasteiger partial charge in [-0.05, 0) is 68.1 Å². The minimum atomic E-state index is -3.81. The number of hydrogen-bond donors (Lipinski definition) is 1. The van der Waals surface area contributed by atoms with E-state index in [0.29, 0.717) is 29.9 Å². The largest absolute Gasteiger partial charge is 0.280 e. The monoisotopic (exact) mass is 456 g/mol. The van der Waals surface area contributed by atoms with Gasteiger partial charge in [0.05, 0.1) is 21.2 Å². The van der Waals surface area contributed by atoms with Crippen LogP contribution in [0.5, 0.6) is 0 Å². The summed E-state index contributed by atoms with van der Waals surface area (Å²) >= 11 is 0. The van der Waals surface area contributed by atoms with E-state index in [4.69, 9.17) is 0 Å². The van der Waals surface area contributed by atoms with Gasteiger partial charge in [0.25, 0.3) is 20.0 Å². The lowest BCUT2D eigenvalue weighted by atomic mass is 10.0. The molecule has 0 amide bonds. The lowest BCUT2D eigenvalue weighted by Gasteiger charge is -2.31. The van der Waals surface area contributed by atoms with Gasteiger partial charge in [-0.15, -0.1) is 0 Å². The van der Waals surface area contributed by atoms with Crippen LogP contribution in [0.15, 0.2) is 76.5 Å². The van der Waals surface area contributed by atoms with Gasteiger partial charge in [0, 0.05) is 6.54 Å². The third kappa shape index (κ3) is 4.18. The van der Waals surface area contributed by atoms with Crippen LogP contribution in [0.4, 0.5) is 11.4 Å². The third-order valence-corrected chi connectivity index (χ3v) is 8.73. The Morgan fingerprint density at radius 2 is 1.61 bits per heavy atom. The Morgan fingerprint density at radius 3 is 2.32 bits per heavy atom. The fourth-order valence-electron chi connectivity index (χ4n) is 3.88. The summed E-state index contributed by atoms with van der Waals surface area (Å²) in [6.45, 7) is 4.00. The fourth-order valence-corrected chi connectivity index (χ4v) is 6.72. The summed E-state index contributed by atoms with van der Waals surface area (Å²) in [4.78, 5) is 0.411. The molecule has 1 heterocycles. The maximum atomic E-state index is 13.2. The Bertz CT molecular complexity index is 1340. The second-order valence-electron chi connectivity index (χ2n) is 7.71. The van der Waals surface area contributed by atoms with Crippen LogP contribution in [0.1, 0.15) is 23.1 Å². The SMILES string of the molecule is Cc1ccc(S(=O)(=O)Nc2ccc3c(c2)N(S(=O)(=O)c2ccccc2)CCC3)c(C)c1. The van der Waals surface area contributed by atoms with Gasteiger partial charge < -0.3 is 0 Å². The number of fused-ring (bicyclic) bond motifs is 1. The van der Waals surface area contributed by atoms with E-state index in [-0.39, 0.29) is 9.79 Å². The first-order valence-electron chi connectivity index (χ1n) is 9.99. The molecule has 8 heteroatoms. The Morgan fingerprint density at radius 1 is 0.871 bits per heavy atom. The van der Waals surface area contributed by atoms with E-state index in [1.807, 2.05) is 13.0 Å². The predicted molar refractivity (Wildman–Crippen MR) is 122 cm³/mol. The number of rotatable bonds is 5. The Balaban J connectivity index is 1.71. The van der Waals surface area contributed by atoms with Crippen molar-refractivity contribution < 1.29 is 16.8 Å². The molecule has 0 aliphatic carbocycles. The summed E-state index contributed by atoms with van der Waals surface area (Å²) in [5.74, 6) is 0. The van der Waals surface area contributed by atoms with Gasteiger partial charge in [-0.2, -0.15) is 0 Å². The zero-order chi connectivity index (χ0) is 22.2. The lowest BCUT2D eigenvalue weighted by Crippen LogP contribution is -2.35. The van der Waals surface area contributed by atoms with Crippen molar-refractivity contribution in [2.24, 2.45) is 0 Å². The Kier molecular flexibility index (Phi) is 5.53. The highest BCUT2D eigenvalue weighted by atomic mass is 32.2. The average Bonchev–Trinajstić information content (AvgIpc) is 2.73. The van der Waals surface area contributed by atoms with Gasteiger partial charge in [0.1, 0.15) is 0 Å². The number of hydrogen-bond acceptors (Lipinski definition) is 4. The molecule has 3 aromatic carbocycles. The standard InChI is InChI=1S/C23H24N2O4S2/c1-17-10-13-23(18(2)15-17)30(26,27)24-20-12-11-19-7-6-14-25(22(19)16-20)31(28,29)21-8-4-3-5-9-21/h3-5,8-13,15-16,24H,6-7,14H2,1-2H3. The third-order valence-electron chi connectivity index (χ3n) is 5.36. The van der Waals surface area contributed by atoms with Crippen molar-refractivity contribution in [3.8, 4) is 0 Å². The summed E-state index contributed by atoms with van der Waals surface area (Å²) in [5, 5.41) is 0. The van der Waals surface area contributed by atoms with Crippen molar-refractivity contribution >= 4 is 31.4 Å². The average molecular weight is 457 g/mol. The van der Waals surface area contributed by atoms with Crippen molar-refractivity contribution in [3.05, 3.63) is 83.4 Å². The first-order valence-corrected chi connectivity index (χ1v) is 12.9. The molecule has 0 saturated heterocycles. The van der Waals surface area contributed by atoms with E-state index in [2.05, 4.69) is 4.72 Å². The van der Waals surface area contributed by atoms with Crippen LogP contribution in [-0.4, -0.2) is 23.4 Å². The maximum absolute atomic E-state index is 13.2. The molecule has 162 valence electrons. The maximum Gasteiger partial charge on any atom is 0.264 e. The molecule has 31 heavy (non-hydrogen) atoms. The second kappa shape index (κ2) is 8.01. The first-order chi connectivity index (χ1) is 14.7. The minimum absolute atomic E-state index is 0.199. The van der Waals surface area contributed by atoms with Crippen LogP contribution >= 0.6 is 0 Å². The molecule has 0 atom stereocenters. The van der Waals surface area contributed by atoms with Gasteiger partial charge >= 0.3 is 0 Å². The molecule has 4 rings (SSSR count). The van der Waals surface area contributed by atoms with E-state index in [1.54, 1.807) is 67.6 Å². The van der Waals surface area contributed by atoms with E-state index in [9.17, 15) is 16.8 Å². The molecule has 3 aromatic rings. The van der Waals surface area contributed by atoms with Crippen LogP contribution in [0.2, 0.25) is 0 Å². The number of aryl methyl sites for hydroxylation is 3. The van der Waals surface area contributed by atoms with E-state index in [1.165, 1.54) is 4.31 Å². The zero-order valence-corrected chi connectivity index (χ0v) is 19.0. The van der Waals surface area contributed by atoms with Crippen molar-refractivity contribution in [3.63, 3.8) is 0 Å². The highest BCUT2D eigenvalue weighted by Gasteiger charge is 2.29. The summed E-state index contributed by atoms with van der Waals surface area (Å²) in [6.07, 6.45) is 1.44. The predicted octanol–water partition coefficient (Wildman–Crippen LogP) is 4.25. The Hall–Kier alpha value is -2.84. The topological polar surface area (TPSA) is 83.6 Å². The highest BCUT2D eigenvalue weighted by Crippen LogP contribution is 2.34. The van der Waals surface area contributed by atoms with Crippen LogP contribution in [-0.2, 0) is 26.5 Å². The van der Waals surface area contributed by atoms with Crippen molar-refractivity contribution in [2.75, 3.05) is 15.6 Å². The van der Waals surface area contributed by atoms with Gasteiger partial charge in [-0.25, -0.2) is 16.8 Å². The van der Waals surface area contributed by atoms with Crippen LogP contribution in [0, 0.1) is 13.8 Å². The molecule has 0 fully saturated rings. The molecule has 0 bridgehead atoms. The molecule has 0 radical (unpaired) electrons. The Labute approximate surface area is 183 Å². The second-order valence-corrected chi connectivity index (χ2v) is 11.2. The number of sulfonamides is 2. The van der Waals surface area contributed by atoms with Gasteiger partial charge in [-0.1, -0.05) is 42.0 Å². The molecular formula is C23H24N2O4S2. The normalized spacial score (nSPS) is 14.2. The smallest absolute Gasteiger partial charge is 0.264 e. The summed E-state index contributed by atoms with van der Waals surface area (Å²) in [6, 6.07) is 18.5. The molecular weight excluding hydrogens is 432 g/mol. The molecule has 0 saturated carbocycles. The fraction of sp³-hybridized carbons (Fsp3) is 0.217. The number of anilines is 2. The van der Waals surface area contributed by atoms with Crippen molar-refractivity contribution in [1.29, 1.82) is 0 Å². The quantitative estimate of drug-likeness (QED) is 0.622. The zero-order valence-electron chi connectivity index (χ0n) is 17.4. The van der Waals surface area contributed by atoms with E-state index < -0.39 is 20.0 Å². The molecule has 1 N–H and O–H groups in total. The van der Waals surface area contributed by atoms with Crippen molar-refractivity contribution in [1.82, 2.24) is 0 Å². The van der Waals surface area contributed by atoms with E-state index >= 15 is 0 Å². The van der Waals surface area contributed by atoms with Crippen LogP contribution < -0.4 is 9.03 Å². The van der Waals surface area contributed by atoms with Crippen molar-refractivity contribution in [2.45, 2.75) is 36.5 Å². The van der Waals surface area contributed by atoms with Gasteiger partial charge in [0.15, 0.2) is 0 Å². The number of nitrogens with zero attached hydrogens (tertiary/aromatic N) is 1. The van der Waals surface area contributed by atoms with Gasteiger partial charge in [-0.3, -0.25) is 9.03 Å². The molecule has 1 aliphatic rings. The molecule has 0 aromatic heterocycles. The number of benzene rings is 3. The molecule has 0 spiro atoms. The highest BCUT2D eigenvalue weighted by molar-refractivity contribution is 7.93. The van der Waals surface area contributed by atoms with Gasteiger partial charge in [0.2, 0.25) is 0 Å². The van der Waals surface area contributed by atoms with Crippen LogP contribution in [0.25, 0.3) is 0 Å². The summed E-state index contributed by atoms with van der Waals surface area (Å²) in [5.41, 5.74) is 3.34.